The third-order valence-corrected chi connectivity index (χ3v) is 2.77. The standard InChI is InChI=1S/C12H17BrFN/c1-9(2)8-15-6-5-10-3-4-11(13)12(14)7-10/h3-4,7,9,15H,5-6,8H2,1-2H3. The number of hydrogen-bond donors (Lipinski definition) is 1. The normalized spacial score (nSPS) is 11.0. The molecule has 15 heavy (non-hydrogen) atoms. The molecule has 1 N–H and O–H groups in total. The molecule has 84 valence electrons. The fourth-order valence-electron chi connectivity index (χ4n) is 1.32. The molecule has 1 nitrogen and oxygen atoms in total. The van der Waals surface area contributed by atoms with Gasteiger partial charge < -0.3 is 5.32 Å². The first-order valence-corrected chi connectivity index (χ1v) is 6.03. The summed E-state index contributed by atoms with van der Waals surface area (Å²) in [5.74, 6) is 0.475. The highest BCUT2D eigenvalue weighted by Crippen LogP contribution is 2.16. The molecule has 0 aliphatic rings. The lowest BCUT2D eigenvalue weighted by atomic mass is 10.1. The molecule has 0 heterocycles. The summed E-state index contributed by atoms with van der Waals surface area (Å²) in [5.41, 5.74) is 1.03. The first-order chi connectivity index (χ1) is 7.09. The Kier molecular flexibility index (Phi) is 5.26. The zero-order valence-electron chi connectivity index (χ0n) is 9.19. The van der Waals surface area contributed by atoms with E-state index < -0.39 is 0 Å². The van der Waals surface area contributed by atoms with Crippen LogP contribution in [0.25, 0.3) is 0 Å². The van der Waals surface area contributed by atoms with E-state index in [4.69, 9.17) is 0 Å². The monoisotopic (exact) mass is 273 g/mol. The Morgan fingerprint density at radius 3 is 2.73 bits per heavy atom. The molecule has 0 radical (unpaired) electrons. The lowest BCUT2D eigenvalue weighted by Gasteiger charge is -2.07. The van der Waals surface area contributed by atoms with Gasteiger partial charge in [-0.1, -0.05) is 19.9 Å². The zero-order valence-corrected chi connectivity index (χ0v) is 10.8. The van der Waals surface area contributed by atoms with Crippen molar-refractivity contribution >= 4 is 15.9 Å². The molecule has 1 aromatic carbocycles. The van der Waals surface area contributed by atoms with Crippen molar-refractivity contribution in [3.8, 4) is 0 Å². The first-order valence-electron chi connectivity index (χ1n) is 5.24. The Hall–Kier alpha value is -0.410. The van der Waals surface area contributed by atoms with Crippen LogP contribution in [0.1, 0.15) is 19.4 Å². The minimum absolute atomic E-state index is 0.184. The van der Waals surface area contributed by atoms with E-state index in [1.807, 2.05) is 6.07 Å². The fraction of sp³-hybridized carbons (Fsp3) is 0.500. The van der Waals surface area contributed by atoms with Gasteiger partial charge in [0.2, 0.25) is 0 Å². The highest BCUT2D eigenvalue weighted by atomic mass is 79.9. The molecule has 0 bridgehead atoms. The molecule has 0 amide bonds. The summed E-state index contributed by atoms with van der Waals surface area (Å²) in [6.45, 7) is 6.26. The molecule has 0 saturated heterocycles. The van der Waals surface area contributed by atoms with Gasteiger partial charge >= 0.3 is 0 Å². The van der Waals surface area contributed by atoms with Gasteiger partial charge in [0.1, 0.15) is 5.82 Å². The second-order valence-electron chi connectivity index (χ2n) is 4.10. The highest BCUT2D eigenvalue weighted by molar-refractivity contribution is 9.10. The van der Waals surface area contributed by atoms with Gasteiger partial charge in [0, 0.05) is 0 Å². The SMILES string of the molecule is CC(C)CNCCc1ccc(Br)c(F)c1. The molecule has 0 aliphatic carbocycles. The molecule has 0 spiro atoms. The molecule has 1 aromatic rings. The summed E-state index contributed by atoms with van der Waals surface area (Å²) < 4.78 is 13.7. The van der Waals surface area contributed by atoms with Crippen LogP contribution in [-0.2, 0) is 6.42 Å². The molecule has 1 rings (SSSR count). The Balaban J connectivity index is 2.35. The number of halogens is 2. The van der Waals surface area contributed by atoms with Crippen LogP contribution in [0.5, 0.6) is 0 Å². The van der Waals surface area contributed by atoms with Gasteiger partial charge in [0.05, 0.1) is 4.47 Å². The van der Waals surface area contributed by atoms with Gasteiger partial charge in [-0.15, -0.1) is 0 Å². The summed E-state index contributed by atoms with van der Waals surface area (Å²) in [6, 6.07) is 5.29. The average Bonchev–Trinajstić information content (AvgIpc) is 2.18. The van der Waals surface area contributed by atoms with E-state index in [2.05, 4.69) is 35.1 Å². The lowest BCUT2D eigenvalue weighted by Crippen LogP contribution is -2.22. The van der Waals surface area contributed by atoms with Crippen LogP contribution in [0.4, 0.5) is 4.39 Å². The van der Waals surface area contributed by atoms with Gasteiger partial charge in [-0.05, 0) is 59.1 Å². The zero-order chi connectivity index (χ0) is 11.3. The molecule has 0 fully saturated rings. The van der Waals surface area contributed by atoms with E-state index in [1.165, 1.54) is 0 Å². The Morgan fingerprint density at radius 2 is 2.13 bits per heavy atom. The van der Waals surface area contributed by atoms with Crippen molar-refractivity contribution in [3.63, 3.8) is 0 Å². The van der Waals surface area contributed by atoms with Gasteiger partial charge in [-0.2, -0.15) is 0 Å². The topological polar surface area (TPSA) is 12.0 Å². The molecule has 0 aromatic heterocycles. The lowest BCUT2D eigenvalue weighted by molar-refractivity contribution is 0.553. The van der Waals surface area contributed by atoms with Crippen molar-refractivity contribution in [1.29, 1.82) is 0 Å². The maximum absolute atomic E-state index is 13.1. The van der Waals surface area contributed by atoms with Crippen LogP contribution in [0.15, 0.2) is 22.7 Å². The molecule has 0 aliphatic heterocycles. The van der Waals surface area contributed by atoms with E-state index in [0.29, 0.717) is 10.4 Å². The summed E-state index contributed by atoms with van der Waals surface area (Å²) in [5, 5.41) is 3.33. The second kappa shape index (κ2) is 6.23. The largest absolute Gasteiger partial charge is 0.316 e. The minimum Gasteiger partial charge on any atom is -0.316 e. The highest BCUT2D eigenvalue weighted by Gasteiger charge is 2.00. The van der Waals surface area contributed by atoms with E-state index in [0.717, 1.165) is 25.1 Å². The molecular formula is C12H17BrFN. The van der Waals surface area contributed by atoms with Gasteiger partial charge in [0.15, 0.2) is 0 Å². The minimum atomic E-state index is -0.184. The van der Waals surface area contributed by atoms with E-state index in [1.54, 1.807) is 12.1 Å². The predicted molar refractivity (Wildman–Crippen MR) is 65.5 cm³/mol. The van der Waals surface area contributed by atoms with Crippen LogP contribution in [0.2, 0.25) is 0 Å². The van der Waals surface area contributed by atoms with E-state index in [-0.39, 0.29) is 5.82 Å². The molecule has 0 saturated carbocycles. The van der Waals surface area contributed by atoms with Crippen molar-refractivity contribution in [1.82, 2.24) is 5.32 Å². The van der Waals surface area contributed by atoms with Crippen LogP contribution < -0.4 is 5.32 Å². The van der Waals surface area contributed by atoms with Gasteiger partial charge in [-0.3, -0.25) is 0 Å². The van der Waals surface area contributed by atoms with Gasteiger partial charge in [-0.25, -0.2) is 4.39 Å². The summed E-state index contributed by atoms with van der Waals surface area (Å²) in [7, 11) is 0. The summed E-state index contributed by atoms with van der Waals surface area (Å²) >= 11 is 3.14. The van der Waals surface area contributed by atoms with Crippen molar-refractivity contribution in [2.45, 2.75) is 20.3 Å². The van der Waals surface area contributed by atoms with Crippen molar-refractivity contribution in [3.05, 3.63) is 34.1 Å². The number of hydrogen-bond acceptors (Lipinski definition) is 1. The molecule has 3 heteroatoms. The second-order valence-corrected chi connectivity index (χ2v) is 4.95. The van der Waals surface area contributed by atoms with Crippen LogP contribution in [0.3, 0.4) is 0 Å². The number of nitrogens with one attached hydrogen (secondary N) is 1. The Bertz CT molecular complexity index is 312. The fourth-order valence-corrected chi connectivity index (χ4v) is 1.57. The third kappa shape index (κ3) is 4.76. The maximum Gasteiger partial charge on any atom is 0.137 e. The maximum atomic E-state index is 13.1. The summed E-state index contributed by atoms with van der Waals surface area (Å²) in [4.78, 5) is 0. The quantitative estimate of drug-likeness (QED) is 0.812. The molecular weight excluding hydrogens is 257 g/mol. The first kappa shape index (κ1) is 12.7. The van der Waals surface area contributed by atoms with Gasteiger partial charge in [0.25, 0.3) is 0 Å². The van der Waals surface area contributed by atoms with Crippen LogP contribution >= 0.6 is 15.9 Å². The Morgan fingerprint density at radius 1 is 1.40 bits per heavy atom. The number of rotatable bonds is 5. The van der Waals surface area contributed by atoms with Crippen molar-refractivity contribution in [2.75, 3.05) is 13.1 Å². The summed E-state index contributed by atoms with van der Waals surface area (Å²) in [6.07, 6.45) is 0.872. The third-order valence-electron chi connectivity index (χ3n) is 2.13. The Labute approximate surface area is 99.2 Å². The van der Waals surface area contributed by atoms with Crippen molar-refractivity contribution < 1.29 is 4.39 Å². The molecule has 0 atom stereocenters. The van der Waals surface area contributed by atoms with Crippen molar-refractivity contribution in [2.24, 2.45) is 5.92 Å². The van der Waals surface area contributed by atoms with Crippen LogP contribution in [-0.4, -0.2) is 13.1 Å². The predicted octanol–water partition coefficient (Wildman–Crippen LogP) is 3.38. The van der Waals surface area contributed by atoms with Crippen LogP contribution in [0, 0.1) is 11.7 Å². The average molecular weight is 274 g/mol. The smallest absolute Gasteiger partial charge is 0.137 e. The van der Waals surface area contributed by atoms with E-state index in [9.17, 15) is 4.39 Å². The van der Waals surface area contributed by atoms with E-state index >= 15 is 0 Å². The number of benzene rings is 1. The molecule has 0 unspecified atom stereocenters.